The molecule has 0 unspecified atom stereocenters. The largest absolute Gasteiger partial charge is 0.455 e. The number of amides is 1. The van der Waals surface area contributed by atoms with Gasteiger partial charge in [-0.15, -0.1) is 0 Å². The van der Waals surface area contributed by atoms with Gasteiger partial charge in [-0.05, 0) is 24.3 Å². The number of carbonyl (C=O) groups is 2. The molecule has 3 rings (SSSR count). The van der Waals surface area contributed by atoms with Crippen molar-refractivity contribution >= 4 is 27.6 Å². The zero-order chi connectivity index (χ0) is 20.3. The van der Waals surface area contributed by atoms with Gasteiger partial charge in [0.15, 0.2) is 6.61 Å². The minimum Gasteiger partial charge on any atom is -0.455 e. The van der Waals surface area contributed by atoms with Crippen molar-refractivity contribution < 1.29 is 32.4 Å². The van der Waals surface area contributed by atoms with E-state index in [9.17, 15) is 28.1 Å². The van der Waals surface area contributed by atoms with Gasteiger partial charge in [0, 0.05) is 30.1 Å². The van der Waals surface area contributed by atoms with Crippen LogP contribution in [0.2, 0.25) is 0 Å². The van der Waals surface area contributed by atoms with E-state index in [0.717, 1.165) is 0 Å². The van der Waals surface area contributed by atoms with Gasteiger partial charge in [-0.2, -0.15) is 4.31 Å². The number of morpholine rings is 1. The second-order valence-corrected chi connectivity index (χ2v) is 8.33. The highest BCUT2D eigenvalue weighted by molar-refractivity contribution is 7.89. The van der Waals surface area contributed by atoms with Gasteiger partial charge in [0.1, 0.15) is 5.92 Å². The first kappa shape index (κ1) is 20.2. The quantitative estimate of drug-likeness (QED) is 0.369. The van der Waals surface area contributed by atoms with Gasteiger partial charge in [-0.3, -0.25) is 19.7 Å². The molecule has 2 aliphatic rings. The highest BCUT2D eigenvalue weighted by Crippen LogP contribution is 2.34. The molecule has 12 heteroatoms. The fourth-order valence-electron chi connectivity index (χ4n) is 2.75. The van der Waals surface area contributed by atoms with Gasteiger partial charge < -0.3 is 14.8 Å². The average Bonchev–Trinajstić information content (AvgIpc) is 3.48. The number of nitro groups is 1. The molecule has 1 aromatic rings. The lowest BCUT2D eigenvalue weighted by atomic mass is 10.3. The van der Waals surface area contributed by atoms with Crippen molar-refractivity contribution in [3.05, 3.63) is 34.4 Å². The lowest BCUT2D eigenvalue weighted by molar-refractivity contribution is -0.497. The van der Waals surface area contributed by atoms with Crippen LogP contribution >= 0.6 is 0 Å². The molecule has 0 radical (unpaired) electrons. The smallest absolute Gasteiger partial charge is 0.316 e. The Morgan fingerprint density at radius 3 is 2.46 bits per heavy atom. The van der Waals surface area contributed by atoms with Crippen LogP contribution < -0.4 is 5.32 Å². The van der Waals surface area contributed by atoms with Crippen LogP contribution in [0.15, 0.2) is 29.2 Å². The maximum atomic E-state index is 12.5. The van der Waals surface area contributed by atoms with Crippen molar-refractivity contribution in [2.45, 2.75) is 17.4 Å². The van der Waals surface area contributed by atoms with Crippen molar-refractivity contribution in [1.29, 1.82) is 0 Å². The van der Waals surface area contributed by atoms with Gasteiger partial charge in [0.2, 0.25) is 16.1 Å². The highest BCUT2D eigenvalue weighted by atomic mass is 32.2. The fourth-order valence-corrected chi connectivity index (χ4v) is 4.16. The zero-order valence-electron chi connectivity index (χ0n) is 14.8. The second-order valence-electron chi connectivity index (χ2n) is 6.39. The monoisotopic (exact) mass is 413 g/mol. The molecule has 11 nitrogen and oxygen atoms in total. The molecule has 28 heavy (non-hydrogen) atoms. The summed E-state index contributed by atoms with van der Waals surface area (Å²) in [6.45, 7) is 0.674. The molecule has 1 saturated heterocycles. The van der Waals surface area contributed by atoms with Crippen molar-refractivity contribution in [3.8, 4) is 0 Å². The summed E-state index contributed by atoms with van der Waals surface area (Å²) in [5.74, 6) is -2.20. The number of esters is 1. The van der Waals surface area contributed by atoms with E-state index in [1.807, 2.05) is 0 Å². The zero-order valence-corrected chi connectivity index (χ0v) is 15.6. The Morgan fingerprint density at radius 1 is 1.25 bits per heavy atom. The number of benzene rings is 1. The lowest BCUT2D eigenvalue weighted by Crippen LogP contribution is -2.40. The maximum Gasteiger partial charge on any atom is 0.316 e. The van der Waals surface area contributed by atoms with E-state index in [4.69, 9.17) is 9.47 Å². The molecule has 1 heterocycles. The molecular weight excluding hydrogens is 394 g/mol. The average molecular weight is 413 g/mol. The van der Waals surface area contributed by atoms with Crippen molar-refractivity contribution in [2.24, 2.45) is 5.92 Å². The molecule has 1 saturated carbocycles. The Hall–Kier alpha value is -2.57. The first-order chi connectivity index (χ1) is 13.3. The molecule has 0 spiro atoms. The van der Waals surface area contributed by atoms with Gasteiger partial charge in [0.25, 0.3) is 5.91 Å². The summed E-state index contributed by atoms with van der Waals surface area (Å²) in [7, 11) is -3.63. The minimum absolute atomic E-state index is 0.0957. The molecule has 1 amide bonds. The van der Waals surface area contributed by atoms with Crippen LogP contribution in [0.5, 0.6) is 0 Å². The number of rotatable bonds is 7. The van der Waals surface area contributed by atoms with E-state index in [1.165, 1.54) is 28.6 Å². The topological polar surface area (TPSA) is 145 Å². The van der Waals surface area contributed by atoms with Gasteiger partial charge in [0.05, 0.1) is 18.1 Å². The molecule has 152 valence electrons. The SMILES string of the molecule is O=C(COC(=O)[C@@H]1C[C@H]1[N+](=O)[O-])Nc1ccc(S(=O)(=O)N2CCOCC2)cc1. The van der Waals surface area contributed by atoms with E-state index >= 15 is 0 Å². The third-order valence-electron chi connectivity index (χ3n) is 4.42. The summed E-state index contributed by atoms with van der Waals surface area (Å²) in [6.07, 6.45) is 0.118. The number of anilines is 1. The van der Waals surface area contributed by atoms with E-state index in [2.05, 4.69) is 5.32 Å². The Balaban J connectivity index is 1.50. The molecule has 1 N–H and O–H groups in total. The second kappa shape index (κ2) is 8.20. The number of nitrogens with zero attached hydrogens (tertiary/aromatic N) is 2. The first-order valence-corrected chi connectivity index (χ1v) is 10.0. The predicted octanol–water partition coefficient (Wildman–Crippen LogP) is -0.146. The van der Waals surface area contributed by atoms with Gasteiger partial charge in [-0.1, -0.05) is 0 Å². The number of carbonyl (C=O) groups excluding carboxylic acids is 2. The normalized spacial score (nSPS) is 22.3. The number of sulfonamides is 1. The van der Waals surface area contributed by atoms with Crippen LogP contribution in [-0.2, 0) is 29.1 Å². The minimum atomic E-state index is -3.63. The first-order valence-electron chi connectivity index (χ1n) is 8.57. The lowest BCUT2D eigenvalue weighted by Gasteiger charge is -2.26. The molecular formula is C16H19N3O8S. The van der Waals surface area contributed by atoms with E-state index in [-0.39, 0.29) is 24.4 Å². The van der Waals surface area contributed by atoms with Gasteiger partial charge >= 0.3 is 5.97 Å². The molecule has 2 atom stereocenters. The van der Waals surface area contributed by atoms with E-state index in [0.29, 0.717) is 18.9 Å². The maximum absolute atomic E-state index is 12.5. The Kier molecular flexibility index (Phi) is 5.91. The Bertz CT molecular complexity index is 864. The van der Waals surface area contributed by atoms with Gasteiger partial charge in [-0.25, -0.2) is 8.42 Å². The number of ether oxygens (including phenoxy) is 2. The summed E-state index contributed by atoms with van der Waals surface area (Å²) in [5.41, 5.74) is 0.330. The molecule has 1 aliphatic heterocycles. The molecule has 0 bridgehead atoms. The van der Waals surface area contributed by atoms with Crippen molar-refractivity contribution in [1.82, 2.24) is 4.31 Å². The predicted molar refractivity (Wildman–Crippen MR) is 94.5 cm³/mol. The highest BCUT2D eigenvalue weighted by Gasteiger charge is 2.54. The molecule has 2 fully saturated rings. The summed E-state index contributed by atoms with van der Waals surface area (Å²) < 4.78 is 36.3. The molecule has 0 aromatic heterocycles. The fraction of sp³-hybridized carbons (Fsp3) is 0.500. The number of hydrogen-bond acceptors (Lipinski definition) is 8. The van der Waals surface area contributed by atoms with Crippen LogP contribution in [-0.4, -0.2) is 68.5 Å². The summed E-state index contributed by atoms with van der Waals surface area (Å²) in [4.78, 5) is 33.5. The van der Waals surface area contributed by atoms with Crippen LogP contribution in [0.1, 0.15) is 6.42 Å². The third-order valence-corrected chi connectivity index (χ3v) is 6.33. The summed E-state index contributed by atoms with van der Waals surface area (Å²) >= 11 is 0. The number of hydrogen-bond donors (Lipinski definition) is 1. The molecule has 1 aliphatic carbocycles. The Morgan fingerprint density at radius 2 is 1.89 bits per heavy atom. The van der Waals surface area contributed by atoms with Crippen LogP contribution in [0, 0.1) is 16.0 Å². The summed E-state index contributed by atoms with van der Waals surface area (Å²) in [6, 6.07) is 4.67. The van der Waals surface area contributed by atoms with Crippen LogP contribution in [0.25, 0.3) is 0 Å². The standard InChI is InChI=1S/C16H19N3O8S/c20-15(10-27-16(21)13-9-14(13)19(22)23)17-11-1-3-12(4-2-11)28(24,25)18-5-7-26-8-6-18/h1-4,13-14H,5-10H2,(H,17,20)/t13-,14-/m1/s1. The molecule has 1 aromatic carbocycles. The number of nitrogens with one attached hydrogen (secondary N) is 1. The van der Waals surface area contributed by atoms with Crippen LogP contribution in [0.4, 0.5) is 5.69 Å². The van der Waals surface area contributed by atoms with Crippen molar-refractivity contribution in [2.75, 3.05) is 38.2 Å². The van der Waals surface area contributed by atoms with Crippen LogP contribution in [0.3, 0.4) is 0 Å². The summed E-state index contributed by atoms with van der Waals surface area (Å²) in [5, 5.41) is 13.0. The van der Waals surface area contributed by atoms with Crippen molar-refractivity contribution in [3.63, 3.8) is 0 Å². The van der Waals surface area contributed by atoms with E-state index < -0.39 is 45.4 Å². The van der Waals surface area contributed by atoms with E-state index in [1.54, 1.807) is 0 Å². The Labute approximate surface area is 160 Å². The third kappa shape index (κ3) is 4.64.